The fraction of sp³-hybridized carbons (Fsp3) is 0.625. The molecule has 0 amide bonds. The molecule has 1 unspecified atom stereocenters. The second-order valence-electron chi connectivity index (χ2n) is 4.93. The number of aliphatic hydroxyl groups is 1. The van der Waals surface area contributed by atoms with Crippen LogP contribution in [0.15, 0.2) is 30.3 Å². The van der Waals surface area contributed by atoms with Crippen molar-refractivity contribution in [2.75, 3.05) is 40.1 Å². The number of ether oxygens (including phenoxy) is 2. The van der Waals surface area contributed by atoms with Crippen LogP contribution in [-0.2, 0) is 15.0 Å². The highest BCUT2D eigenvalue weighted by Crippen LogP contribution is 2.21. The van der Waals surface area contributed by atoms with Crippen LogP contribution in [0.5, 0.6) is 0 Å². The zero-order valence-corrected chi connectivity index (χ0v) is 12.6. The van der Waals surface area contributed by atoms with Crippen LogP contribution in [0.3, 0.4) is 0 Å². The highest BCUT2D eigenvalue weighted by Gasteiger charge is 2.31. The van der Waals surface area contributed by atoms with Gasteiger partial charge in [-0.3, -0.25) is 0 Å². The Morgan fingerprint density at radius 1 is 1.20 bits per heavy atom. The first kappa shape index (κ1) is 17.1. The Kier molecular flexibility index (Phi) is 8.46. The van der Waals surface area contributed by atoms with E-state index in [1.54, 1.807) is 7.11 Å². The van der Waals surface area contributed by atoms with Gasteiger partial charge in [0.05, 0.1) is 18.8 Å². The molecule has 114 valence electrons. The van der Waals surface area contributed by atoms with Crippen molar-refractivity contribution in [3.63, 3.8) is 0 Å². The Morgan fingerprint density at radius 2 is 1.95 bits per heavy atom. The van der Waals surface area contributed by atoms with Gasteiger partial charge < -0.3 is 19.9 Å². The van der Waals surface area contributed by atoms with Crippen LogP contribution in [0.4, 0.5) is 0 Å². The van der Waals surface area contributed by atoms with Gasteiger partial charge in [0.15, 0.2) is 0 Å². The van der Waals surface area contributed by atoms with E-state index >= 15 is 0 Å². The topological polar surface area (TPSA) is 50.7 Å². The van der Waals surface area contributed by atoms with Crippen LogP contribution in [-0.4, -0.2) is 45.2 Å². The molecule has 0 radical (unpaired) electrons. The molecule has 4 nitrogen and oxygen atoms in total. The van der Waals surface area contributed by atoms with Crippen LogP contribution >= 0.6 is 0 Å². The highest BCUT2D eigenvalue weighted by atomic mass is 16.5. The molecular formula is C16H27NO3. The van der Waals surface area contributed by atoms with E-state index in [0.29, 0.717) is 19.8 Å². The molecule has 20 heavy (non-hydrogen) atoms. The van der Waals surface area contributed by atoms with Gasteiger partial charge in [0, 0.05) is 20.3 Å². The van der Waals surface area contributed by atoms with Crippen molar-refractivity contribution in [1.29, 1.82) is 0 Å². The Balaban J connectivity index is 2.67. The standard InChI is InChI=1S/C16H27NO3/c1-3-10-17-16(13-18,14-20-12-7-11-19-2)15-8-5-4-6-9-15/h4-6,8-9,17-18H,3,7,10-14H2,1-2H3. The van der Waals surface area contributed by atoms with Gasteiger partial charge in [-0.05, 0) is 24.9 Å². The molecule has 0 aromatic heterocycles. The minimum Gasteiger partial charge on any atom is -0.394 e. The van der Waals surface area contributed by atoms with Crippen LogP contribution < -0.4 is 5.32 Å². The number of hydrogen-bond acceptors (Lipinski definition) is 4. The summed E-state index contributed by atoms with van der Waals surface area (Å²) in [5.41, 5.74) is 0.535. The maximum atomic E-state index is 9.89. The molecule has 1 atom stereocenters. The molecule has 1 aromatic rings. The molecule has 0 saturated carbocycles. The molecule has 0 spiro atoms. The molecular weight excluding hydrogens is 254 g/mol. The summed E-state index contributed by atoms with van der Waals surface area (Å²) in [5, 5.41) is 13.3. The van der Waals surface area contributed by atoms with Gasteiger partial charge in [0.1, 0.15) is 0 Å². The number of benzene rings is 1. The normalized spacial score (nSPS) is 14.2. The Bertz CT molecular complexity index is 345. The van der Waals surface area contributed by atoms with E-state index in [4.69, 9.17) is 9.47 Å². The molecule has 0 aliphatic rings. The van der Waals surface area contributed by atoms with Gasteiger partial charge in [-0.1, -0.05) is 37.3 Å². The summed E-state index contributed by atoms with van der Waals surface area (Å²) in [6.07, 6.45) is 1.87. The van der Waals surface area contributed by atoms with Crippen molar-refractivity contribution in [2.45, 2.75) is 25.3 Å². The summed E-state index contributed by atoms with van der Waals surface area (Å²) in [7, 11) is 1.69. The van der Waals surface area contributed by atoms with E-state index in [9.17, 15) is 5.11 Å². The fourth-order valence-electron chi connectivity index (χ4n) is 2.10. The largest absolute Gasteiger partial charge is 0.394 e. The van der Waals surface area contributed by atoms with Crippen LogP contribution in [0, 0.1) is 0 Å². The number of methoxy groups -OCH3 is 1. The zero-order valence-electron chi connectivity index (χ0n) is 12.6. The minimum absolute atomic E-state index is 0.0152. The van der Waals surface area contributed by atoms with Crippen LogP contribution in [0.25, 0.3) is 0 Å². The summed E-state index contributed by atoms with van der Waals surface area (Å²) >= 11 is 0. The minimum atomic E-state index is -0.523. The number of hydrogen-bond donors (Lipinski definition) is 2. The van der Waals surface area contributed by atoms with Crippen molar-refractivity contribution >= 4 is 0 Å². The molecule has 0 aliphatic heterocycles. The Morgan fingerprint density at radius 3 is 2.55 bits per heavy atom. The van der Waals surface area contributed by atoms with Crippen molar-refractivity contribution in [2.24, 2.45) is 0 Å². The smallest absolute Gasteiger partial charge is 0.0905 e. The monoisotopic (exact) mass is 281 g/mol. The molecule has 0 fully saturated rings. The van der Waals surface area contributed by atoms with E-state index in [0.717, 1.165) is 24.9 Å². The molecule has 0 heterocycles. The molecule has 1 aromatic carbocycles. The first-order chi connectivity index (χ1) is 9.79. The van der Waals surface area contributed by atoms with Gasteiger partial charge in [0.2, 0.25) is 0 Å². The Hall–Kier alpha value is -0.940. The fourth-order valence-corrected chi connectivity index (χ4v) is 2.10. The summed E-state index contributed by atoms with van der Waals surface area (Å²) in [6.45, 7) is 4.76. The van der Waals surface area contributed by atoms with E-state index in [1.165, 1.54) is 0 Å². The Labute approximate surface area is 122 Å². The number of rotatable bonds is 11. The molecule has 0 saturated heterocycles. The third kappa shape index (κ3) is 5.21. The number of nitrogens with one attached hydrogen (secondary N) is 1. The lowest BCUT2D eigenvalue weighted by Crippen LogP contribution is -2.49. The van der Waals surface area contributed by atoms with Crippen LogP contribution in [0.1, 0.15) is 25.3 Å². The molecule has 0 bridgehead atoms. The van der Waals surface area contributed by atoms with Gasteiger partial charge in [0.25, 0.3) is 0 Å². The molecule has 2 N–H and O–H groups in total. The first-order valence-electron chi connectivity index (χ1n) is 7.27. The van der Waals surface area contributed by atoms with Crippen molar-refractivity contribution in [3.8, 4) is 0 Å². The average Bonchev–Trinajstić information content (AvgIpc) is 2.51. The average molecular weight is 281 g/mol. The second-order valence-corrected chi connectivity index (χ2v) is 4.93. The lowest BCUT2D eigenvalue weighted by atomic mass is 9.91. The predicted molar refractivity (Wildman–Crippen MR) is 80.8 cm³/mol. The van der Waals surface area contributed by atoms with Gasteiger partial charge in [-0.2, -0.15) is 0 Å². The van der Waals surface area contributed by atoms with E-state index in [1.807, 2.05) is 30.3 Å². The van der Waals surface area contributed by atoms with Crippen LogP contribution in [0.2, 0.25) is 0 Å². The summed E-state index contributed by atoms with van der Waals surface area (Å²) in [4.78, 5) is 0. The van der Waals surface area contributed by atoms with Crippen molar-refractivity contribution in [3.05, 3.63) is 35.9 Å². The van der Waals surface area contributed by atoms with Gasteiger partial charge >= 0.3 is 0 Å². The lowest BCUT2D eigenvalue weighted by molar-refractivity contribution is 0.0257. The molecule has 4 heteroatoms. The van der Waals surface area contributed by atoms with E-state index in [-0.39, 0.29) is 6.61 Å². The van der Waals surface area contributed by atoms with Gasteiger partial charge in [-0.15, -0.1) is 0 Å². The quantitative estimate of drug-likeness (QED) is 0.609. The van der Waals surface area contributed by atoms with E-state index < -0.39 is 5.54 Å². The van der Waals surface area contributed by atoms with Crippen molar-refractivity contribution < 1.29 is 14.6 Å². The third-order valence-electron chi connectivity index (χ3n) is 3.30. The summed E-state index contributed by atoms with van der Waals surface area (Å²) < 4.78 is 10.7. The second kappa shape index (κ2) is 9.88. The number of aliphatic hydroxyl groups excluding tert-OH is 1. The lowest BCUT2D eigenvalue weighted by Gasteiger charge is -2.33. The maximum absolute atomic E-state index is 9.89. The third-order valence-corrected chi connectivity index (χ3v) is 3.30. The highest BCUT2D eigenvalue weighted by molar-refractivity contribution is 5.25. The van der Waals surface area contributed by atoms with Crippen molar-refractivity contribution in [1.82, 2.24) is 5.32 Å². The van der Waals surface area contributed by atoms with Gasteiger partial charge in [-0.25, -0.2) is 0 Å². The maximum Gasteiger partial charge on any atom is 0.0905 e. The van der Waals surface area contributed by atoms with E-state index in [2.05, 4.69) is 12.2 Å². The first-order valence-corrected chi connectivity index (χ1v) is 7.27. The molecule has 0 aliphatic carbocycles. The SMILES string of the molecule is CCCNC(CO)(COCCCOC)c1ccccc1. The zero-order chi connectivity index (χ0) is 14.7. The summed E-state index contributed by atoms with van der Waals surface area (Å²) in [5.74, 6) is 0. The molecule has 1 rings (SSSR count). The summed E-state index contributed by atoms with van der Waals surface area (Å²) in [6, 6.07) is 10.00. The predicted octanol–water partition coefficient (Wildman–Crippen LogP) is 1.93.